The number of benzene rings is 2. The van der Waals surface area contributed by atoms with Gasteiger partial charge in [0.1, 0.15) is 18.4 Å². The van der Waals surface area contributed by atoms with Crippen LogP contribution in [0.25, 0.3) is 11.1 Å². The lowest BCUT2D eigenvalue weighted by molar-refractivity contribution is -0.122. The molecule has 1 atom stereocenters. The zero-order chi connectivity index (χ0) is 21.8. The van der Waals surface area contributed by atoms with Gasteiger partial charge in [-0.2, -0.15) is 5.10 Å². The monoisotopic (exact) mass is 418 g/mol. The first-order chi connectivity index (χ1) is 14.8. The van der Waals surface area contributed by atoms with Crippen LogP contribution in [0.5, 0.6) is 5.75 Å². The normalized spacial score (nSPS) is 20.6. The Hall–Kier alpha value is -3.02. The number of anilines is 2. The van der Waals surface area contributed by atoms with E-state index >= 15 is 0 Å². The molecular formula is C25H30N4O2. The van der Waals surface area contributed by atoms with Crippen LogP contribution < -0.4 is 20.4 Å². The second kappa shape index (κ2) is 7.29. The summed E-state index contributed by atoms with van der Waals surface area (Å²) in [6.45, 7) is 8.93. The van der Waals surface area contributed by atoms with Gasteiger partial charge >= 0.3 is 0 Å². The molecule has 2 N–H and O–H groups in total. The maximum Gasteiger partial charge on any atom is 0.262 e. The summed E-state index contributed by atoms with van der Waals surface area (Å²) >= 11 is 0. The molecule has 0 saturated heterocycles. The van der Waals surface area contributed by atoms with Crippen molar-refractivity contribution < 1.29 is 9.53 Å². The second-order valence-electron chi connectivity index (χ2n) is 9.80. The van der Waals surface area contributed by atoms with Gasteiger partial charge in [0.25, 0.3) is 5.91 Å². The lowest BCUT2D eigenvalue weighted by Crippen LogP contribution is -2.55. The highest BCUT2D eigenvalue weighted by Gasteiger charge is 2.36. The Morgan fingerprint density at radius 2 is 1.90 bits per heavy atom. The van der Waals surface area contributed by atoms with E-state index in [0.29, 0.717) is 12.6 Å². The van der Waals surface area contributed by atoms with Gasteiger partial charge in [-0.25, -0.2) is 5.43 Å². The molecule has 1 amide bonds. The summed E-state index contributed by atoms with van der Waals surface area (Å²) in [5.74, 6) is 1.41. The number of nitrogens with zero attached hydrogens (tertiary/aromatic N) is 2. The fraction of sp³-hybridized carbons (Fsp3) is 0.440. The molecule has 0 radical (unpaired) electrons. The van der Waals surface area contributed by atoms with Gasteiger partial charge in [-0.05, 0) is 54.9 Å². The van der Waals surface area contributed by atoms with Crippen molar-refractivity contribution in [3.8, 4) is 16.9 Å². The van der Waals surface area contributed by atoms with E-state index in [1.54, 1.807) is 0 Å². The van der Waals surface area contributed by atoms with Crippen molar-refractivity contribution in [2.75, 3.05) is 16.8 Å². The van der Waals surface area contributed by atoms with Gasteiger partial charge in [0.15, 0.2) is 5.84 Å². The molecule has 2 heterocycles. The van der Waals surface area contributed by atoms with Crippen LogP contribution >= 0.6 is 0 Å². The van der Waals surface area contributed by atoms with Crippen LogP contribution in [-0.2, 0) is 10.2 Å². The Morgan fingerprint density at radius 3 is 2.55 bits per heavy atom. The molecule has 3 aliphatic rings. The van der Waals surface area contributed by atoms with E-state index in [2.05, 4.69) is 73.0 Å². The fourth-order valence-electron chi connectivity index (χ4n) is 4.35. The first-order valence-corrected chi connectivity index (χ1v) is 11.2. The fourth-order valence-corrected chi connectivity index (χ4v) is 4.35. The van der Waals surface area contributed by atoms with Crippen LogP contribution in [0, 0.1) is 0 Å². The molecule has 1 fully saturated rings. The molecule has 162 valence electrons. The number of nitrogens with one attached hydrogen (secondary N) is 2. The molecule has 6 heteroatoms. The number of amides is 1. The molecule has 2 aromatic rings. The third kappa shape index (κ3) is 3.54. The zero-order valence-corrected chi connectivity index (χ0v) is 18.7. The number of amidine groups is 1. The molecule has 2 aliphatic heterocycles. The van der Waals surface area contributed by atoms with E-state index in [-0.39, 0.29) is 17.4 Å². The molecular weight excluding hydrogens is 388 g/mol. The highest BCUT2D eigenvalue weighted by atomic mass is 16.5. The molecule has 31 heavy (non-hydrogen) atoms. The first-order valence-electron chi connectivity index (χ1n) is 11.2. The minimum Gasteiger partial charge on any atom is -0.483 e. The van der Waals surface area contributed by atoms with E-state index in [1.165, 1.54) is 24.8 Å². The highest BCUT2D eigenvalue weighted by Crippen LogP contribution is 2.43. The number of hydrogen-bond acceptors (Lipinski definition) is 5. The van der Waals surface area contributed by atoms with Crippen molar-refractivity contribution in [2.45, 2.75) is 64.5 Å². The summed E-state index contributed by atoms with van der Waals surface area (Å²) in [6, 6.07) is 13.2. The molecule has 5 rings (SSSR count). The largest absolute Gasteiger partial charge is 0.483 e. The van der Waals surface area contributed by atoms with Gasteiger partial charge in [-0.1, -0.05) is 45.0 Å². The summed E-state index contributed by atoms with van der Waals surface area (Å²) in [5, 5.41) is 7.95. The Bertz CT molecular complexity index is 1050. The van der Waals surface area contributed by atoms with Crippen molar-refractivity contribution in [1.82, 2.24) is 5.43 Å². The molecule has 0 bridgehead atoms. The number of fused-ring (bicyclic) bond motifs is 3. The average molecular weight is 419 g/mol. The molecule has 1 unspecified atom stereocenters. The Morgan fingerprint density at radius 1 is 1.16 bits per heavy atom. The van der Waals surface area contributed by atoms with Gasteiger partial charge < -0.3 is 15.0 Å². The molecule has 0 spiro atoms. The molecule has 1 aliphatic carbocycles. The Kier molecular flexibility index (Phi) is 4.68. The number of carbonyl (C=O) groups excluding carboxylic acids is 1. The predicted molar refractivity (Wildman–Crippen MR) is 125 cm³/mol. The minimum atomic E-state index is -0.330. The molecule has 2 aromatic carbocycles. The summed E-state index contributed by atoms with van der Waals surface area (Å²) < 4.78 is 6.07. The maximum absolute atomic E-state index is 12.3. The van der Waals surface area contributed by atoms with Crippen LogP contribution in [0.1, 0.15) is 52.5 Å². The van der Waals surface area contributed by atoms with Crippen molar-refractivity contribution in [3.63, 3.8) is 0 Å². The lowest BCUT2D eigenvalue weighted by atomic mass is 9.86. The van der Waals surface area contributed by atoms with Crippen molar-refractivity contribution >= 4 is 23.1 Å². The van der Waals surface area contributed by atoms with E-state index in [1.807, 2.05) is 11.8 Å². The predicted octanol–water partition coefficient (Wildman–Crippen LogP) is 4.65. The Balaban J connectivity index is 1.59. The van der Waals surface area contributed by atoms with Crippen LogP contribution in [0.4, 0.5) is 11.4 Å². The van der Waals surface area contributed by atoms with E-state index in [9.17, 15) is 4.79 Å². The quantitative estimate of drug-likeness (QED) is 0.762. The second-order valence-corrected chi connectivity index (χ2v) is 9.80. The summed E-state index contributed by atoms with van der Waals surface area (Å²) in [6.07, 6.45) is 3.64. The van der Waals surface area contributed by atoms with Gasteiger partial charge in [-0.15, -0.1) is 0 Å². The number of rotatable bonds is 3. The number of hydrazone groups is 1. The number of hydrogen-bond donors (Lipinski definition) is 2. The minimum absolute atomic E-state index is 0.105. The smallest absolute Gasteiger partial charge is 0.262 e. The molecule has 0 aromatic heterocycles. The van der Waals surface area contributed by atoms with Crippen LogP contribution in [0.3, 0.4) is 0 Å². The Labute approximate surface area is 183 Å². The van der Waals surface area contributed by atoms with E-state index in [4.69, 9.17) is 4.74 Å². The molecule has 6 nitrogen and oxygen atoms in total. The van der Waals surface area contributed by atoms with Crippen molar-refractivity contribution in [1.29, 1.82) is 0 Å². The number of ether oxygens (including phenoxy) is 1. The first kappa shape index (κ1) is 19.9. The highest BCUT2D eigenvalue weighted by molar-refractivity contribution is 6.10. The summed E-state index contributed by atoms with van der Waals surface area (Å²) in [5.41, 5.74) is 8.28. The van der Waals surface area contributed by atoms with Gasteiger partial charge in [0.05, 0.1) is 5.69 Å². The van der Waals surface area contributed by atoms with Gasteiger partial charge in [-0.3, -0.25) is 4.79 Å². The van der Waals surface area contributed by atoms with E-state index < -0.39 is 0 Å². The van der Waals surface area contributed by atoms with Crippen LogP contribution in [0.15, 0.2) is 41.5 Å². The topological polar surface area (TPSA) is 66.0 Å². The zero-order valence-electron chi connectivity index (χ0n) is 18.7. The van der Waals surface area contributed by atoms with Gasteiger partial charge in [0, 0.05) is 17.3 Å². The standard InChI is InChI=1S/C25H30N4O2/c1-15-24(30)28-27-23-14-31-22-12-19(16-8-10-17(11-9-16)25(2,3)4)20(13-21(22)29(15)23)26-18-6-5-7-18/h8-13,15,18,26H,5-7,14H2,1-4H3,(H,28,30). The van der Waals surface area contributed by atoms with Crippen LogP contribution in [-0.4, -0.2) is 30.4 Å². The molecule has 1 saturated carbocycles. The lowest BCUT2D eigenvalue weighted by Gasteiger charge is -2.39. The van der Waals surface area contributed by atoms with Gasteiger partial charge in [0.2, 0.25) is 0 Å². The van der Waals surface area contributed by atoms with Crippen LogP contribution in [0.2, 0.25) is 0 Å². The average Bonchev–Trinajstić information content (AvgIpc) is 2.72. The van der Waals surface area contributed by atoms with Crippen molar-refractivity contribution in [3.05, 3.63) is 42.0 Å². The third-order valence-electron chi connectivity index (χ3n) is 6.58. The third-order valence-corrected chi connectivity index (χ3v) is 6.58. The summed E-state index contributed by atoms with van der Waals surface area (Å²) in [7, 11) is 0. The maximum atomic E-state index is 12.3. The van der Waals surface area contributed by atoms with E-state index in [0.717, 1.165) is 34.1 Å². The number of carbonyl (C=O) groups is 1. The van der Waals surface area contributed by atoms with Crippen molar-refractivity contribution in [2.24, 2.45) is 5.10 Å². The summed E-state index contributed by atoms with van der Waals surface area (Å²) in [4.78, 5) is 14.3. The SMILES string of the molecule is CC1C(=O)NN=C2COc3cc(-c4ccc(C(C)(C)C)cc4)c(NC4CCC4)cc3N21.